The van der Waals surface area contributed by atoms with Crippen molar-refractivity contribution in [2.45, 2.75) is 37.4 Å². The Morgan fingerprint density at radius 2 is 2.14 bits per heavy atom. The standard InChI is InChI=1S/C20H18FN3O3S/c21-14-8-10(16-5-6-17(28-16)20(26)27)2-4-13(14)15(9-22)24-19(25)18-11-1-3-12(7-11)23-18/h2,4-6,8,11-12,15,18,23H,1,3,7H2,(H,24,25)(H,26,27)/t11?,12-,15?,18+/m1/s1. The van der Waals surface area contributed by atoms with Crippen molar-refractivity contribution in [3.63, 3.8) is 0 Å². The lowest BCUT2D eigenvalue weighted by Crippen LogP contribution is -2.48. The predicted octanol–water partition coefficient (Wildman–Crippen LogP) is 3.07. The zero-order valence-corrected chi connectivity index (χ0v) is 15.6. The fraction of sp³-hybridized carbons (Fsp3) is 0.350. The maximum Gasteiger partial charge on any atom is 0.345 e. The molecule has 2 fully saturated rings. The molecule has 2 heterocycles. The monoisotopic (exact) mass is 399 g/mol. The van der Waals surface area contributed by atoms with E-state index in [9.17, 15) is 19.2 Å². The van der Waals surface area contributed by atoms with Crippen LogP contribution in [0.3, 0.4) is 0 Å². The third kappa shape index (κ3) is 3.39. The predicted molar refractivity (Wildman–Crippen MR) is 101 cm³/mol. The molecule has 4 rings (SSSR count). The number of rotatable bonds is 5. The lowest BCUT2D eigenvalue weighted by molar-refractivity contribution is -0.124. The van der Waals surface area contributed by atoms with Gasteiger partial charge in [-0.2, -0.15) is 5.26 Å². The average molecular weight is 399 g/mol. The number of nitrogens with one attached hydrogen (secondary N) is 2. The summed E-state index contributed by atoms with van der Waals surface area (Å²) in [5.41, 5.74) is 0.620. The Balaban J connectivity index is 1.51. The summed E-state index contributed by atoms with van der Waals surface area (Å²) in [6, 6.07) is 8.36. The average Bonchev–Trinajstić information content (AvgIpc) is 3.42. The molecule has 3 N–H and O–H groups in total. The van der Waals surface area contributed by atoms with Gasteiger partial charge in [0, 0.05) is 16.5 Å². The molecule has 1 aliphatic heterocycles. The minimum atomic E-state index is -1.08. The van der Waals surface area contributed by atoms with Gasteiger partial charge >= 0.3 is 5.97 Å². The van der Waals surface area contributed by atoms with Gasteiger partial charge in [-0.15, -0.1) is 11.3 Å². The van der Waals surface area contributed by atoms with Crippen LogP contribution in [-0.4, -0.2) is 29.1 Å². The zero-order chi connectivity index (χ0) is 19.8. The quantitative estimate of drug-likeness (QED) is 0.717. The number of piperidine rings is 1. The third-order valence-electron chi connectivity index (χ3n) is 5.47. The molecule has 2 aromatic rings. The van der Waals surface area contributed by atoms with E-state index < -0.39 is 17.8 Å². The molecule has 1 aliphatic carbocycles. The van der Waals surface area contributed by atoms with Crippen molar-refractivity contribution in [1.29, 1.82) is 5.26 Å². The summed E-state index contributed by atoms with van der Waals surface area (Å²) in [4.78, 5) is 24.3. The van der Waals surface area contributed by atoms with Gasteiger partial charge in [-0.25, -0.2) is 9.18 Å². The van der Waals surface area contributed by atoms with E-state index in [4.69, 9.17) is 5.11 Å². The van der Waals surface area contributed by atoms with Gasteiger partial charge < -0.3 is 15.7 Å². The van der Waals surface area contributed by atoms with Crippen molar-refractivity contribution in [1.82, 2.24) is 10.6 Å². The fourth-order valence-corrected chi connectivity index (χ4v) is 4.93. The molecular formula is C20H18FN3O3S. The Morgan fingerprint density at radius 1 is 1.32 bits per heavy atom. The number of aromatic carboxylic acids is 1. The highest BCUT2D eigenvalue weighted by atomic mass is 32.1. The first-order valence-electron chi connectivity index (χ1n) is 9.05. The zero-order valence-electron chi connectivity index (χ0n) is 14.8. The van der Waals surface area contributed by atoms with Crippen LogP contribution in [0.4, 0.5) is 4.39 Å². The Hall–Kier alpha value is -2.76. The SMILES string of the molecule is N#CC(NC(=O)[C@H]1N[C@@H]2CCC1C2)c1ccc(-c2ccc(C(=O)O)s2)cc1F. The third-order valence-corrected chi connectivity index (χ3v) is 6.59. The molecule has 2 bridgehead atoms. The summed E-state index contributed by atoms with van der Waals surface area (Å²) in [5.74, 6) is -1.64. The van der Waals surface area contributed by atoms with Crippen LogP contribution in [0.5, 0.6) is 0 Å². The van der Waals surface area contributed by atoms with E-state index in [1.165, 1.54) is 18.2 Å². The molecule has 0 spiro atoms. The van der Waals surface area contributed by atoms with Crippen LogP contribution in [0.25, 0.3) is 10.4 Å². The Labute approximate surface area is 165 Å². The smallest absolute Gasteiger partial charge is 0.345 e. The van der Waals surface area contributed by atoms with Gasteiger partial charge in [0.15, 0.2) is 0 Å². The van der Waals surface area contributed by atoms with Crippen LogP contribution in [-0.2, 0) is 4.79 Å². The van der Waals surface area contributed by atoms with Gasteiger partial charge in [0.2, 0.25) is 5.91 Å². The van der Waals surface area contributed by atoms with E-state index in [0.717, 1.165) is 30.6 Å². The van der Waals surface area contributed by atoms with Crippen LogP contribution in [0.1, 0.15) is 40.5 Å². The van der Waals surface area contributed by atoms with Crippen LogP contribution in [0, 0.1) is 23.1 Å². The maximum absolute atomic E-state index is 14.7. The van der Waals surface area contributed by atoms with Gasteiger partial charge in [-0.05, 0) is 48.9 Å². The Bertz CT molecular complexity index is 983. The molecule has 1 aromatic heterocycles. The topological polar surface area (TPSA) is 102 Å². The number of fused-ring (bicyclic) bond motifs is 2. The molecule has 1 aromatic carbocycles. The number of hydrogen-bond acceptors (Lipinski definition) is 5. The molecule has 28 heavy (non-hydrogen) atoms. The van der Waals surface area contributed by atoms with Gasteiger partial charge in [0.25, 0.3) is 0 Å². The molecule has 0 radical (unpaired) electrons. The van der Waals surface area contributed by atoms with Crippen molar-refractivity contribution >= 4 is 23.2 Å². The highest BCUT2D eigenvalue weighted by Gasteiger charge is 2.43. The molecule has 144 valence electrons. The number of carboxylic acids is 1. The number of amides is 1. The summed E-state index contributed by atoms with van der Waals surface area (Å²) < 4.78 is 14.7. The van der Waals surface area contributed by atoms with E-state index in [1.807, 2.05) is 6.07 Å². The number of nitriles is 1. The first kappa shape index (κ1) is 18.6. The second-order valence-electron chi connectivity index (χ2n) is 7.19. The number of carbonyl (C=O) groups is 2. The van der Waals surface area contributed by atoms with Crippen LogP contribution < -0.4 is 10.6 Å². The Kier molecular flexibility index (Phi) is 4.87. The largest absolute Gasteiger partial charge is 0.477 e. The number of halogens is 1. The number of nitrogens with zero attached hydrogens (tertiary/aromatic N) is 1. The number of benzene rings is 1. The summed E-state index contributed by atoms with van der Waals surface area (Å²) in [5, 5.41) is 24.4. The van der Waals surface area contributed by atoms with Gasteiger partial charge in [0.1, 0.15) is 16.7 Å². The lowest BCUT2D eigenvalue weighted by Gasteiger charge is -2.24. The number of carbonyl (C=O) groups excluding carboxylic acids is 1. The maximum atomic E-state index is 14.7. The van der Waals surface area contributed by atoms with Gasteiger partial charge in [0.05, 0.1) is 12.1 Å². The lowest BCUT2D eigenvalue weighted by atomic mass is 9.98. The van der Waals surface area contributed by atoms with Crippen LogP contribution in [0.15, 0.2) is 30.3 Å². The molecule has 2 unspecified atom stereocenters. The van der Waals surface area contributed by atoms with Gasteiger partial charge in [-0.3, -0.25) is 4.79 Å². The minimum absolute atomic E-state index is 0.0952. The van der Waals surface area contributed by atoms with Crippen molar-refractivity contribution in [2.24, 2.45) is 5.92 Å². The molecule has 8 heteroatoms. The van der Waals surface area contributed by atoms with E-state index in [1.54, 1.807) is 12.1 Å². The fourth-order valence-electron chi connectivity index (χ4n) is 4.08. The van der Waals surface area contributed by atoms with Crippen molar-refractivity contribution < 1.29 is 19.1 Å². The first-order chi connectivity index (χ1) is 13.5. The molecule has 1 saturated carbocycles. The first-order valence-corrected chi connectivity index (χ1v) is 9.87. The van der Waals surface area contributed by atoms with Crippen molar-refractivity contribution in [3.05, 3.63) is 46.6 Å². The van der Waals surface area contributed by atoms with Crippen LogP contribution in [0.2, 0.25) is 0 Å². The molecule has 6 nitrogen and oxygen atoms in total. The second kappa shape index (κ2) is 7.34. The summed E-state index contributed by atoms with van der Waals surface area (Å²) in [6.07, 6.45) is 3.03. The summed E-state index contributed by atoms with van der Waals surface area (Å²) in [6.45, 7) is 0. The normalized spacial score (nSPS) is 23.9. The Morgan fingerprint density at radius 3 is 2.71 bits per heavy atom. The van der Waals surface area contributed by atoms with Crippen molar-refractivity contribution in [3.8, 4) is 16.5 Å². The molecule has 1 saturated heterocycles. The summed E-state index contributed by atoms with van der Waals surface area (Å²) in [7, 11) is 0. The molecule has 4 atom stereocenters. The molecule has 1 amide bonds. The molecular weight excluding hydrogens is 381 g/mol. The number of carboxylic acid groups (broad SMARTS) is 1. The highest BCUT2D eigenvalue weighted by molar-refractivity contribution is 7.17. The molecule has 2 aliphatic rings. The van der Waals surface area contributed by atoms with Crippen LogP contribution >= 0.6 is 11.3 Å². The van der Waals surface area contributed by atoms with E-state index in [2.05, 4.69) is 10.6 Å². The minimum Gasteiger partial charge on any atom is -0.477 e. The van der Waals surface area contributed by atoms with E-state index in [-0.39, 0.29) is 28.3 Å². The van der Waals surface area contributed by atoms with Gasteiger partial charge in [-0.1, -0.05) is 12.1 Å². The van der Waals surface area contributed by atoms with Crippen molar-refractivity contribution in [2.75, 3.05) is 0 Å². The highest BCUT2D eigenvalue weighted by Crippen LogP contribution is 2.36. The summed E-state index contributed by atoms with van der Waals surface area (Å²) >= 11 is 1.05. The number of hydrogen-bond donors (Lipinski definition) is 3. The van der Waals surface area contributed by atoms with E-state index in [0.29, 0.717) is 16.5 Å². The second-order valence-corrected chi connectivity index (χ2v) is 8.27. The van der Waals surface area contributed by atoms with E-state index >= 15 is 0 Å². The number of thiophene rings is 1.